The number of rotatable bonds is 7. The van der Waals surface area contributed by atoms with E-state index in [0.717, 1.165) is 18.4 Å². The molecule has 1 unspecified atom stereocenters. The predicted molar refractivity (Wildman–Crippen MR) is 74.9 cm³/mol. The van der Waals surface area contributed by atoms with Crippen LogP contribution < -0.4 is 5.73 Å². The van der Waals surface area contributed by atoms with Crippen LogP contribution in [-0.2, 0) is 25.5 Å². The third-order valence-corrected chi connectivity index (χ3v) is 2.97. The number of nitrogens with two attached hydrogens (primary N) is 1. The van der Waals surface area contributed by atoms with Crippen molar-refractivity contribution >= 4 is 11.9 Å². The van der Waals surface area contributed by atoms with Crippen LogP contribution in [-0.4, -0.2) is 31.2 Å². The molecule has 5 heteroatoms. The maximum Gasteiger partial charge on any atom is 0.338 e. The van der Waals surface area contributed by atoms with Crippen molar-refractivity contribution in [1.82, 2.24) is 0 Å². The minimum absolute atomic E-state index is 0.0471. The molecule has 5 nitrogen and oxygen atoms in total. The van der Waals surface area contributed by atoms with Crippen LogP contribution in [0.2, 0.25) is 0 Å². The third-order valence-electron chi connectivity index (χ3n) is 2.97. The van der Waals surface area contributed by atoms with Crippen molar-refractivity contribution in [3.63, 3.8) is 0 Å². The predicted octanol–water partition coefficient (Wildman–Crippen LogP) is 1.44. The second kappa shape index (κ2) is 7.65. The first-order chi connectivity index (χ1) is 9.54. The van der Waals surface area contributed by atoms with Crippen LogP contribution in [0.25, 0.3) is 0 Å². The van der Waals surface area contributed by atoms with E-state index in [1.54, 1.807) is 12.1 Å². The van der Waals surface area contributed by atoms with Crippen molar-refractivity contribution in [1.29, 1.82) is 0 Å². The molecule has 0 saturated carbocycles. The first kappa shape index (κ1) is 16.2. The van der Waals surface area contributed by atoms with Gasteiger partial charge in [0, 0.05) is 6.42 Å². The normalized spacial score (nSPS) is 13.3. The molecule has 0 aliphatic rings. The highest BCUT2D eigenvalue weighted by molar-refractivity contribution is 6.05. The van der Waals surface area contributed by atoms with Gasteiger partial charge in [-0.3, -0.25) is 0 Å². The van der Waals surface area contributed by atoms with Crippen LogP contribution in [0.3, 0.4) is 0 Å². The summed E-state index contributed by atoms with van der Waals surface area (Å²) < 4.78 is 9.73. The molecule has 0 saturated heterocycles. The molecule has 2 N–H and O–H groups in total. The zero-order chi connectivity index (χ0) is 15.0. The number of hydrogen-bond acceptors (Lipinski definition) is 5. The number of hydrogen-bond donors (Lipinski definition) is 1. The molecule has 0 aromatic heterocycles. The van der Waals surface area contributed by atoms with Crippen LogP contribution in [0.15, 0.2) is 30.3 Å². The van der Waals surface area contributed by atoms with E-state index in [-0.39, 0.29) is 13.0 Å². The van der Waals surface area contributed by atoms with E-state index in [1.165, 1.54) is 7.11 Å². The van der Waals surface area contributed by atoms with Gasteiger partial charge in [0.25, 0.3) is 0 Å². The number of unbranched alkanes of at least 4 members (excludes halogenated alkanes) is 1. The minimum atomic E-state index is -1.80. The maximum absolute atomic E-state index is 12.1. The Morgan fingerprint density at radius 2 is 1.85 bits per heavy atom. The molecule has 0 heterocycles. The average Bonchev–Trinajstić information content (AvgIpc) is 2.47. The molecule has 0 radical (unpaired) electrons. The van der Waals surface area contributed by atoms with Crippen LogP contribution in [0.1, 0.15) is 25.3 Å². The number of esters is 2. The van der Waals surface area contributed by atoms with Gasteiger partial charge in [0.2, 0.25) is 5.54 Å². The molecule has 1 rings (SSSR count). The lowest BCUT2D eigenvalue weighted by Gasteiger charge is -2.24. The molecule has 1 atom stereocenters. The summed E-state index contributed by atoms with van der Waals surface area (Å²) >= 11 is 0. The molecule has 1 aromatic rings. The maximum atomic E-state index is 12.1. The van der Waals surface area contributed by atoms with Gasteiger partial charge in [0.15, 0.2) is 0 Å². The molecule has 0 spiro atoms. The fourth-order valence-corrected chi connectivity index (χ4v) is 1.77. The molecule has 1 aromatic carbocycles. The van der Waals surface area contributed by atoms with Crippen LogP contribution in [0.4, 0.5) is 0 Å². The Hall–Kier alpha value is -1.88. The Labute approximate surface area is 119 Å². The Bertz CT molecular complexity index is 446. The van der Waals surface area contributed by atoms with Gasteiger partial charge in [0.05, 0.1) is 13.7 Å². The Morgan fingerprint density at radius 1 is 1.20 bits per heavy atom. The smallest absolute Gasteiger partial charge is 0.338 e. The number of ether oxygens (including phenoxy) is 2. The zero-order valence-corrected chi connectivity index (χ0v) is 11.9. The molecule has 0 fully saturated rings. The van der Waals surface area contributed by atoms with Crippen molar-refractivity contribution in [2.45, 2.75) is 31.7 Å². The molecule has 0 aliphatic carbocycles. The zero-order valence-electron chi connectivity index (χ0n) is 11.9. The van der Waals surface area contributed by atoms with Crippen LogP contribution in [0.5, 0.6) is 0 Å². The van der Waals surface area contributed by atoms with Crippen molar-refractivity contribution in [2.75, 3.05) is 13.7 Å². The minimum Gasteiger partial charge on any atom is -0.467 e. The molecule has 0 bridgehead atoms. The van der Waals surface area contributed by atoms with Gasteiger partial charge in [-0.15, -0.1) is 0 Å². The van der Waals surface area contributed by atoms with Gasteiger partial charge >= 0.3 is 11.9 Å². The molecular formula is C15H21NO4. The van der Waals surface area contributed by atoms with Gasteiger partial charge in [-0.2, -0.15) is 0 Å². The molecular weight excluding hydrogens is 258 g/mol. The van der Waals surface area contributed by atoms with E-state index >= 15 is 0 Å². The fourth-order valence-electron chi connectivity index (χ4n) is 1.77. The summed E-state index contributed by atoms with van der Waals surface area (Å²) in [5, 5.41) is 0. The quantitative estimate of drug-likeness (QED) is 0.464. The van der Waals surface area contributed by atoms with E-state index in [2.05, 4.69) is 4.74 Å². The van der Waals surface area contributed by atoms with E-state index in [1.807, 2.05) is 25.1 Å². The summed E-state index contributed by atoms with van der Waals surface area (Å²) in [4.78, 5) is 24.0. The van der Waals surface area contributed by atoms with Crippen LogP contribution >= 0.6 is 0 Å². The van der Waals surface area contributed by atoms with Gasteiger partial charge < -0.3 is 15.2 Å². The lowest BCUT2D eigenvalue weighted by molar-refractivity contribution is -0.163. The van der Waals surface area contributed by atoms with E-state index in [0.29, 0.717) is 0 Å². The summed E-state index contributed by atoms with van der Waals surface area (Å²) in [6.45, 7) is 2.23. The SMILES string of the molecule is CCCCOC(=O)C(N)(Cc1ccccc1)C(=O)OC. The van der Waals surface area contributed by atoms with Crippen molar-refractivity contribution in [2.24, 2.45) is 5.73 Å². The van der Waals surface area contributed by atoms with E-state index < -0.39 is 17.5 Å². The molecule has 0 amide bonds. The van der Waals surface area contributed by atoms with Gasteiger partial charge in [-0.1, -0.05) is 43.7 Å². The Kier molecular flexibility index (Phi) is 6.18. The second-order valence-corrected chi connectivity index (χ2v) is 4.61. The first-order valence-corrected chi connectivity index (χ1v) is 6.63. The van der Waals surface area contributed by atoms with Crippen molar-refractivity contribution in [3.05, 3.63) is 35.9 Å². The summed E-state index contributed by atoms with van der Waals surface area (Å²) in [5.74, 6) is -1.54. The number of methoxy groups -OCH3 is 1. The number of benzene rings is 1. The first-order valence-electron chi connectivity index (χ1n) is 6.63. The average molecular weight is 279 g/mol. The van der Waals surface area contributed by atoms with Gasteiger partial charge in [-0.25, -0.2) is 9.59 Å². The molecule has 0 aliphatic heterocycles. The van der Waals surface area contributed by atoms with Gasteiger partial charge in [0.1, 0.15) is 0 Å². The lowest BCUT2D eigenvalue weighted by Crippen LogP contribution is -2.58. The largest absolute Gasteiger partial charge is 0.467 e. The fraction of sp³-hybridized carbons (Fsp3) is 0.467. The second-order valence-electron chi connectivity index (χ2n) is 4.61. The number of carbonyl (C=O) groups is 2. The lowest BCUT2D eigenvalue weighted by atomic mass is 9.92. The topological polar surface area (TPSA) is 78.6 Å². The van der Waals surface area contributed by atoms with Gasteiger partial charge in [-0.05, 0) is 12.0 Å². The van der Waals surface area contributed by atoms with Crippen LogP contribution in [0, 0.1) is 0 Å². The summed E-state index contributed by atoms with van der Waals surface area (Å²) in [6, 6.07) is 9.07. The van der Waals surface area contributed by atoms with Crippen molar-refractivity contribution < 1.29 is 19.1 Å². The summed E-state index contributed by atoms with van der Waals surface area (Å²) in [6.07, 6.45) is 1.67. The molecule has 110 valence electrons. The standard InChI is InChI=1S/C15H21NO4/c1-3-4-10-20-14(18)15(16,13(17)19-2)11-12-8-6-5-7-9-12/h5-9H,3-4,10-11,16H2,1-2H3. The van der Waals surface area contributed by atoms with E-state index in [9.17, 15) is 9.59 Å². The highest BCUT2D eigenvalue weighted by atomic mass is 16.6. The summed E-state index contributed by atoms with van der Waals surface area (Å²) in [5.41, 5.74) is 4.93. The van der Waals surface area contributed by atoms with Crippen molar-refractivity contribution in [3.8, 4) is 0 Å². The summed E-state index contributed by atoms with van der Waals surface area (Å²) in [7, 11) is 1.20. The highest BCUT2D eigenvalue weighted by Gasteiger charge is 2.45. The number of carbonyl (C=O) groups excluding carboxylic acids is 2. The Balaban J connectivity index is 2.86. The monoisotopic (exact) mass is 279 g/mol. The third kappa shape index (κ3) is 4.06. The van der Waals surface area contributed by atoms with E-state index in [4.69, 9.17) is 10.5 Å². The Morgan fingerprint density at radius 3 is 2.40 bits per heavy atom. The highest BCUT2D eigenvalue weighted by Crippen LogP contribution is 2.15. The molecule has 20 heavy (non-hydrogen) atoms.